The summed E-state index contributed by atoms with van der Waals surface area (Å²) < 4.78 is 11.8. The number of ether oxygens (including phenoxy) is 1. The third kappa shape index (κ3) is 4.76. The van der Waals surface area contributed by atoms with Crippen LogP contribution in [0, 0.1) is 0 Å². The molecule has 4 rings (SSSR count). The molecular weight excluding hydrogens is 416 g/mol. The highest BCUT2D eigenvalue weighted by Crippen LogP contribution is 2.42. The van der Waals surface area contributed by atoms with Gasteiger partial charge in [-0.2, -0.15) is 4.98 Å². The van der Waals surface area contributed by atoms with Crippen molar-refractivity contribution in [3.05, 3.63) is 46.5 Å². The third-order valence-corrected chi connectivity index (χ3v) is 6.02. The lowest BCUT2D eigenvalue weighted by atomic mass is 9.91. The number of hydrogen-bond donors (Lipinski definition) is 3. The van der Waals surface area contributed by atoms with Gasteiger partial charge >= 0.3 is 0 Å². The Hall–Kier alpha value is -2.46. The van der Waals surface area contributed by atoms with Crippen molar-refractivity contribution in [3.63, 3.8) is 0 Å². The van der Waals surface area contributed by atoms with Crippen LogP contribution in [-0.2, 0) is 16.1 Å². The molecule has 3 aromatic heterocycles. The van der Waals surface area contributed by atoms with Crippen LogP contribution in [0.4, 0.5) is 5.82 Å². The fourth-order valence-corrected chi connectivity index (χ4v) is 4.84. The molecule has 0 aromatic carbocycles. The first-order chi connectivity index (χ1) is 14.1. The zero-order chi connectivity index (χ0) is 20.8. The monoisotopic (exact) mass is 436 g/mol. The van der Waals surface area contributed by atoms with Gasteiger partial charge in [-0.3, -0.25) is 4.79 Å². The summed E-state index contributed by atoms with van der Waals surface area (Å²) in [6.45, 7) is 5.51. The van der Waals surface area contributed by atoms with Gasteiger partial charge in [0.25, 0.3) is 6.47 Å². The average Bonchev–Trinajstić information content (AvgIpc) is 3.34. The van der Waals surface area contributed by atoms with Gasteiger partial charge in [-0.05, 0) is 30.2 Å². The molecule has 0 saturated carbocycles. The molecule has 1 saturated heterocycles. The molecule has 8 nitrogen and oxygen atoms in total. The summed E-state index contributed by atoms with van der Waals surface area (Å²) in [6, 6.07) is 3.72. The molecule has 0 bridgehead atoms. The Kier molecular flexibility index (Phi) is 7.21. The van der Waals surface area contributed by atoms with Crippen molar-refractivity contribution in [2.24, 2.45) is 5.73 Å². The molecule has 0 amide bonds. The minimum atomic E-state index is -0.250. The van der Waals surface area contributed by atoms with Gasteiger partial charge in [-0.1, -0.05) is 12.7 Å². The third-order valence-electron chi connectivity index (χ3n) is 4.52. The summed E-state index contributed by atoms with van der Waals surface area (Å²) >= 11 is 7.82. The van der Waals surface area contributed by atoms with Crippen LogP contribution < -0.4 is 11.1 Å². The molecule has 29 heavy (non-hydrogen) atoms. The number of nitrogens with one attached hydrogen (secondary N) is 1. The Balaban J connectivity index is 0.000000755. The molecule has 0 spiro atoms. The van der Waals surface area contributed by atoms with E-state index in [1.54, 1.807) is 17.6 Å². The van der Waals surface area contributed by atoms with Crippen LogP contribution in [0.15, 0.2) is 29.4 Å². The van der Waals surface area contributed by atoms with Crippen molar-refractivity contribution < 1.29 is 19.1 Å². The maximum absolute atomic E-state index is 8.36. The summed E-state index contributed by atoms with van der Waals surface area (Å²) in [5.41, 5.74) is 8.09. The predicted octanol–water partition coefficient (Wildman–Crippen LogP) is 3.72. The second-order valence-electron chi connectivity index (χ2n) is 6.28. The second kappa shape index (κ2) is 9.84. The molecule has 0 radical (unpaired) electrons. The topological polar surface area (TPSA) is 124 Å². The van der Waals surface area contributed by atoms with Crippen LogP contribution in [0.5, 0.6) is 0 Å². The largest absolute Gasteiger partial charge is 0.483 e. The average molecular weight is 437 g/mol. The number of rotatable bonds is 5. The number of halogens is 1. The predicted molar refractivity (Wildman–Crippen MR) is 113 cm³/mol. The highest BCUT2D eigenvalue weighted by atomic mass is 35.5. The number of aromatic nitrogens is 2. The van der Waals surface area contributed by atoms with Crippen molar-refractivity contribution >= 4 is 51.5 Å². The van der Waals surface area contributed by atoms with E-state index in [1.807, 2.05) is 18.2 Å². The maximum atomic E-state index is 8.36. The number of carboxylic acid groups (broad SMARTS) is 1. The van der Waals surface area contributed by atoms with E-state index < -0.39 is 0 Å². The highest BCUT2D eigenvalue weighted by molar-refractivity contribution is 7.20. The van der Waals surface area contributed by atoms with Crippen LogP contribution in [0.25, 0.3) is 16.3 Å². The van der Waals surface area contributed by atoms with Gasteiger partial charge in [0.15, 0.2) is 0 Å². The fourth-order valence-electron chi connectivity index (χ4n) is 3.25. The molecule has 2 atom stereocenters. The van der Waals surface area contributed by atoms with Crippen molar-refractivity contribution in [3.8, 4) is 0 Å². The summed E-state index contributed by atoms with van der Waals surface area (Å²) in [4.78, 5) is 18.4. The van der Waals surface area contributed by atoms with Crippen LogP contribution in [-0.4, -0.2) is 40.8 Å². The van der Waals surface area contributed by atoms with Gasteiger partial charge in [0, 0.05) is 29.0 Å². The summed E-state index contributed by atoms with van der Waals surface area (Å²) in [5, 5.41) is 10.4. The zero-order valence-electron chi connectivity index (χ0n) is 15.5. The van der Waals surface area contributed by atoms with E-state index in [4.69, 9.17) is 36.4 Å². The van der Waals surface area contributed by atoms with Crippen LogP contribution in [0.2, 0.25) is 5.28 Å². The lowest BCUT2D eigenvalue weighted by Crippen LogP contribution is -2.37. The highest BCUT2D eigenvalue weighted by Gasteiger charge is 2.29. The number of hydrogen-bond acceptors (Lipinski definition) is 8. The number of carbonyl (C=O) groups is 1. The van der Waals surface area contributed by atoms with Crippen molar-refractivity contribution in [1.82, 2.24) is 9.97 Å². The Labute approximate surface area is 176 Å². The Bertz CT molecular complexity index is 976. The normalized spacial score (nSPS) is 18.7. The number of anilines is 1. The van der Waals surface area contributed by atoms with Crippen LogP contribution in [0.3, 0.4) is 0 Å². The molecule has 1 aliphatic heterocycles. The molecule has 154 valence electrons. The smallest absolute Gasteiger partial charge is 0.290 e. The lowest BCUT2D eigenvalue weighted by molar-refractivity contribution is -0.122. The molecule has 0 aliphatic carbocycles. The van der Waals surface area contributed by atoms with E-state index in [9.17, 15) is 0 Å². The van der Waals surface area contributed by atoms with E-state index in [2.05, 4.69) is 21.9 Å². The number of nitrogens with zero attached hydrogens (tertiary/aromatic N) is 2. The first-order valence-corrected chi connectivity index (χ1v) is 10.1. The Morgan fingerprint density at radius 3 is 2.93 bits per heavy atom. The zero-order valence-corrected chi connectivity index (χ0v) is 17.1. The maximum Gasteiger partial charge on any atom is 0.290 e. The standard InChI is InChI=1S/C18H19ClN4O2S.CH2O2/c1-2-11-14-16(26-15(11)12-5-7-24-9-13(12)20)17(23-18(19)22-14)21-8-10-4-3-6-25-10;2-1-3/h2-4,6,12-13H,1,5,7-9,20H2,(H,21,22,23);1H,(H,2,3)/t12-,13-;/m1./s1. The number of fused-ring (bicyclic) bond motifs is 1. The number of nitrogens with two attached hydrogens (primary N) is 1. The van der Waals surface area contributed by atoms with Crippen molar-refractivity contribution in [2.75, 3.05) is 18.5 Å². The number of furan rings is 1. The Morgan fingerprint density at radius 1 is 1.48 bits per heavy atom. The molecule has 4 heterocycles. The quantitative estimate of drug-likeness (QED) is 0.408. The van der Waals surface area contributed by atoms with Gasteiger partial charge in [0.1, 0.15) is 11.6 Å². The molecule has 1 fully saturated rings. The summed E-state index contributed by atoms with van der Waals surface area (Å²) in [6.07, 6.45) is 4.35. The molecule has 10 heteroatoms. The van der Waals surface area contributed by atoms with Crippen LogP contribution >= 0.6 is 22.9 Å². The SMILES string of the molecule is C=Cc1c([C@@H]2CCOC[C@H]2N)sc2c(NCc3ccco3)nc(Cl)nc12.O=CO. The number of thiophene rings is 1. The van der Waals surface area contributed by atoms with Gasteiger partial charge in [0.05, 0.1) is 29.6 Å². The molecule has 1 aliphatic rings. The molecular formula is C19H21ClN4O4S. The minimum Gasteiger partial charge on any atom is -0.483 e. The van der Waals surface area contributed by atoms with E-state index in [0.29, 0.717) is 25.6 Å². The van der Waals surface area contributed by atoms with Gasteiger partial charge < -0.3 is 25.3 Å². The van der Waals surface area contributed by atoms with Crippen LogP contribution in [0.1, 0.15) is 28.5 Å². The Morgan fingerprint density at radius 2 is 2.28 bits per heavy atom. The van der Waals surface area contributed by atoms with E-state index >= 15 is 0 Å². The van der Waals surface area contributed by atoms with E-state index in [-0.39, 0.29) is 23.7 Å². The van der Waals surface area contributed by atoms with Gasteiger partial charge in [-0.15, -0.1) is 11.3 Å². The van der Waals surface area contributed by atoms with E-state index in [1.165, 1.54) is 4.88 Å². The lowest BCUT2D eigenvalue weighted by Gasteiger charge is -2.28. The molecule has 0 unspecified atom stereocenters. The van der Waals surface area contributed by atoms with Crippen molar-refractivity contribution in [1.29, 1.82) is 0 Å². The molecule has 3 aromatic rings. The fraction of sp³-hybridized carbons (Fsp3) is 0.316. The minimum absolute atomic E-state index is 0.0431. The second-order valence-corrected chi connectivity index (χ2v) is 7.67. The summed E-state index contributed by atoms with van der Waals surface area (Å²) in [5.74, 6) is 1.73. The first-order valence-electron chi connectivity index (χ1n) is 8.88. The van der Waals surface area contributed by atoms with Gasteiger partial charge in [-0.25, -0.2) is 4.98 Å². The summed E-state index contributed by atoms with van der Waals surface area (Å²) in [7, 11) is 0. The van der Waals surface area contributed by atoms with E-state index in [0.717, 1.165) is 28.0 Å². The van der Waals surface area contributed by atoms with Gasteiger partial charge in [0.2, 0.25) is 5.28 Å². The molecule has 4 N–H and O–H groups in total. The van der Waals surface area contributed by atoms with Crippen molar-refractivity contribution in [2.45, 2.75) is 24.9 Å². The first kappa shape index (κ1) is 21.3.